The summed E-state index contributed by atoms with van der Waals surface area (Å²) in [4.78, 5) is 27.8. The van der Waals surface area contributed by atoms with E-state index in [0.717, 1.165) is 53.6 Å². The molecule has 1 heterocycles. The van der Waals surface area contributed by atoms with E-state index in [9.17, 15) is 18.0 Å². The van der Waals surface area contributed by atoms with Crippen molar-refractivity contribution in [3.8, 4) is 11.1 Å². The van der Waals surface area contributed by atoms with E-state index in [1.165, 1.54) is 6.42 Å². The van der Waals surface area contributed by atoms with Gasteiger partial charge in [0.1, 0.15) is 0 Å². The third-order valence-corrected chi connectivity index (χ3v) is 9.60. The standard InChI is InChI=1S/C32H37N3O4S/c1-23-7-14-29(34-31(36)26-5-3-2-4-6-26)21-30(23)25-10-12-27(13-11-25)32(37)33-28-15-8-24(9-16-28)22-35-17-19-40(38,39)20-18-35/h7-16,21,26H,2-6,17-20,22H2,1H3,(H,33,37)(H,34,36). The molecule has 1 saturated carbocycles. The zero-order valence-corrected chi connectivity index (χ0v) is 23.8. The number of carbonyl (C=O) groups excluding carboxylic acids is 2. The van der Waals surface area contributed by atoms with Gasteiger partial charge in [-0.25, -0.2) is 8.42 Å². The lowest BCUT2D eigenvalue weighted by atomic mass is 9.88. The van der Waals surface area contributed by atoms with Crippen molar-refractivity contribution < 1.29 is 18.0 Å². The molecule has 7 nitrogen and oxygen atoms in total. The molecule has 2 aliphatic rings. The van der Waals surface area contributed by atoms with Gasteiger partial charge < -0.3 is 10.6 Å². The zero-order chi connectivity index (χ0) is 28.1. The van der Waals surface area contributed by atoms with Crippen molar-refractivity contribution in [1.82, 2.24) is 4.90 Å². The predicted molar refractivity (Wildman–Crippen MR) is 160 cm³/mol. The van der Waals surface area contributed by atoms with Crippen LogP contribution in [0.5, 0.6) is 0 Å². The molecule has 0 spiro atoms. The minimum Gasteiger partial charge on any atom is -0.326 e. The Morgan fingerprint density at radius 1 is 0.825 bits per heavy atom. The van der Waals surface area contributed by atoms with Crippen LogP contribution in [0.4, 0.5) is 11.4 Å². The molecule has 0 radical (unpaired) electrons. The first-order valence-electron chi connectivity index (χ1n) is 14.1. The Morgan fingerprint density at radius 2 is 1.48 bits per heavy atom. The van der Waals surface area contributed by atoms with Gasteiger partial charge in [0, 0.05) is 42.5 Å². The molecular formula is C32H37N3O4S. The number of sulfone groups is 1. The van der Waals surface area contributed by atoms with E-state index in [1.54, 1.807) is 0 Å². The number of nitrogens with zero attached hydrogens (tertiary/aromatic N) is 1. The number of hydrogen-bond donors (Lipinski definition) is 2. The molecule has 2 fully saturated rings. The topological polar surface area (TPSA) is 95.6 Å². The van der Waals surface area contributed by atoms with E-state index in [0.29, 0.717) is 30.9 Å². The molecule has 2 amide bonds. The molecule has 3 aromatic carbocycles. The number of hydrogen-bond acceptors (Lipinski definition) is 5. The number of rotatable bonds is 7. The van der Waals surface area contributed by atoms with Crippen LogP contribution in [0.1, 0.15) is 53.6 Å². The summed E-state index contributed by atoms with van der Waals surface area (Å²) in [5.74, 6) is 0.440. The summed E-state index contributed by atoms with van der Waals surface area (Å²) in [6, 6.07) is 21.2. The highest BCUT2D eigenvalue weighted by molar-refractivity contribution is 7.91. The van der Waals surface area contributed by atoms with Gasteiger partial charge in [-0.2, -0.15) is 0 Å². The van der Waals surface area contributed by atoms with Gasteiger partial charge in [-0.1, -0.05) is 49.6 Å². The van der Waals surface area contributed by atoms with Gasteiger partial charge in [0.2, 0.25) is 5.91 Å². The number of benzene rings is 3. The summed E-state index contributed by atoms with van der Waals surface area (Å²) in [6.07, 6.45) is 5.39. The molecule has 2 N–H and O–H groups in total. The van der Waals surface area contributed by atoms with Crippen molar-refractivity contribution in [2.45, 2.75) is 45.6 Å². The van der Waals surface area contributed by atoms with Crippen molar-refractivity contribution in [1.29, 1.82) is 0 Å². The minimum absolute atomic E-state index is 0.100. The molecule has 40 heavy (non-hydrogen) atoms. The van der Waals surface area contributed by atoms with Gasteiger partial charge in [0.05, 0.1) is 11.5 Å². The average molecular weight is 560 g/mol. The van der Waals surface area contributed by atoms with Crippen molar-refractivity contribution in [2.24, 2.45) is 5.92 Å². The summed E-state index contributed by atoms with van der Waals surface area (Å²) in [5, 5.41) is 6.06. The number of amides is 2. The lowest BCUT2D eigenvalue weighted by Crippen LogP contribution is -2.39. The average Bonchev–Trinajstić information content (AvgIpc) is 2.97. The monoisotopic (exact) mass is 559 g/mol. The van der Waals surface area contributed by atoms with Crippen LogP contribution in [-0.4, -0.2) is 49.7 Å². The van der Waals surface area contributed by atoms with Crippen LogP contribution in [0.15, 0.2) is 66.7 Å². The second-order valence-electron chi connectivity index (χ2n) is 11.0. The van der Waals surface area contributed by atoms with Crippen LogP contribution >= 0.6 is 0 Å². The molecule has 1 aliphatic heterocycles. The lowest BCUT2D eigenvalue weighted by Gasteiger charge is -2.26. The molecule has 1 saturated heterocycles. The second-order valence-corrected chi connectivity index (χ2v) is 13.3. The van der Waals surface area contributed by atoms with Crippen molar-refractivity contribution in [3.63, 3.8) is 0 Å². The van der Waals surface area contributed by atoms with Gasteiger partial charge in [-0.15, -0.1) is 0 Å². The van der Waals surface area contributed by atoms with Crippen molar-refractivity contribution in [2.75, 3.05) is 35.2 Å². The molecule has 0 atom stereocenters. The maximum absolute atomic E-state index is 12.9. The highest BCUT2D eigenvalue weighted by Crippen LogP contribution is 2.29. The number of carbonyl (C=O) groups is 2. The Labute approximate surface area is 236 Å². The molecule has 210 valence electrons. The van der Waals surface area contributed by atoms with Gasteiger partial charge in [-0.3, -0.25) is 14.5 Å². The first-order valence-corrected chi connectivity index (χ1v) is 15.9. The van der Waals surface area contributed by atoms with Crippen LogP contribution in [0.3, 0.4) is 0 Å². The Hall–Kier alpha value is -3.49. The first kappa shape index (κ1) is 28.1. The Morgan fingerprint density at radius 3 is 2.15 bits per heavy atom. The van der Waals surface area contributed by atoms with E-state index in [2.05, 4.69) is 15.5 Å². The largest absolute Gasteiger partial charge is 0.326 e. The summed E-state index contributed by atoms with van der Waals surface area (Å²) in [6.45, 7) is 3.83. The van der Waals surface area contributed by atoms with Crippen molar-refractivity contribution >= 4 is 33.0 Å². The highest BCUT2D eigenvalue weighted by atomic mass is 32.2. The van der Waals surface area contributed by atoms with Gasteiger partial charge >= 0.3 is 0 Å². The Balaban J connectivity index is 1.19. The van der Waals surface area contributed by atoms with Crippen LogP contribution in [0.25, 0.3) is 11.1 Å². The first-order chi connectivity index (χ1) is 19.3. The molecule has 8 heteroatoms. The molecular weight excluding hydrogens is 522 g/mol. The summed E-state index contributed by atoms with van der Waals surface area (Å²) >= 11 is 0. The normalized spacial score (nSPS) is 17.7. The molecule has 5 rings (SSSR count). The quantitative estimate of drug-likeness (QED) is 0.389. The van der Waals surface area contributed by atoms with E-state index in [4.69, 9.17) is 0 Å². The summed E-state index contributed by atoms with van der Waals surface area (Å²) in [5.41, 5.74) is 6.24. The SMILES string of the molecule is Cc1ccc(NC(=O)C2CCCCC2)cc1-c1ccc(C(=O)Nc2ccc(CN3CCS(=O)(=O)CC3)cc2)cc1. The van der Waals surface area contributed by atoms with Crippen LogP contribution in [-0.2, 0) is 21.2 Å². The highest BCUT2D eigenvalue weighted by Gasteiger charge is 2.22. The maximum atomic E-state index is 12.9. The van der Waals surface area contributed by atoms with E-state index >= 15 is 0 Å². The summed E-state index contributed by atoms with van der Waals surface area (Å²) < 4.78 is 23.3. The lowest BCUT2D eigenvalue weighted by molar-refractivity contribution is -0.120. The van der Waals surface area contributed by atoms with Gasteiger partial charge in [-0.05, 0) is 78.4 Å². The van der Waals surface area contributed by atoms with Gasteiger partial charge in [0.15, 0.2) is 9.84 Å². The maximum Gasteiger partial charge on any atom is 0.255 e. The molecule has 1 aliphatic carbocycles. The number of nitrogens with one attached hydrogen (secondary N) is 2. The fraction of sp³-hybridized carbons (Fsp3) is 0.375. The Kier molecular flexibility index (Phi) is 8.66. The smallest absolute Gasteiger partial charge is 0.255 e. The Bertz CT molecular complexity index is 1450. The fourth-order valence-corrected chi connectivity index (χ4v) is 6.76. The van der Waals surface area contributed by atoms with Crippen LogP contribution in [0.2, 0.25) is 0 Å². The molecule has 0 unspecified atom stereocenters. The van der Waals surface area contributed by atoms with Crippen molar-refractivity contribution in [3.05, 3.63) is 83.4 Å². The van der Waals surface area contributed by atoms with E-state index < -0.39 is 9.84 Å². The molecule has 0 aromatic heterocycles. The third kappa shape index (κ3) is 7.17. The zero-order valence-electron chi connectivity index (χ0n) is 23.0. The van der Waals surface area contributed by atoms with Crippen LogP contribution < -0.4 is 10.6 Å². The number of aryl methyl sites for hydroxylation is 1. The van der Waals surface area contributed by atoms with E-state index in [-0.39, 0.29) is 29.2 Å². The molecule has 3 aromatic rings. The fourth-order valence-electron chi connectivity index (χ4n) is 5.48. The second kappa shape index (κ2) is 12.4. The predicted octanol–water partition coefficient (Wildman–Crippen LogP) is 5.66. The third-order valence-electron chi connectivity index (χ3n) is 7.99. The molecule has 0 bridgehead atoms. The van der Waals surface area contributed by atoms with Gasteiger partial charge in [0.25, 0.3) is 5.91 Å². The number of anilines is 2. The minimum atomic E-state index is -2.89. The van der Waals surface area contributed by atoms with Crippen LogP contribution in [0, 0.1) is 12.8 Å². The van der Waals surface area contributed by atoms with E-state index in [1.807, 2.05) is 73.7 Å². The summed E-state index contributed by atoms with van der Waals surface area (Å²) in [7, 11) is -2.89.